The van der Waals surface area contributed by atoms with Crippen LogP contribution in [0.15, 0.2) is 48.5 Å². The van der Waals surface area contributed by atoms with Gasteiger partial charge in [0.25, 0.3) is 5.91 Å². The Labute approximate surface area is 174 Å². The fourth-order valence-electron chi connectivity index (χ4n) is 3.23. The van der Waals surface area contributed by atoms with Crippen molar-refractivity contribution in [3.8, 4) is 11.4 Å². The molecule has 7 heteroatoms. The Balaban J connectivity index is 1.92. The molecule has 2 amide bonds. The molecule has 0 atom stereocenters. The minimum atomic E-state index is -0.283. The largest absolute Gasteiger partial charge is 0.497 e. The van der Waals surface area contributed by atoms with Gasteiger partial charge in [-0.2, -0.15) is 0 Å². The van der Waals surface area contributed by atoms with Crippen LogP contribution in [-0.4, -0.2) is 23.5 Å². The lowest BCUT2D eigenvalue weighted by Gasteiger charge is -2.12. The SMILES string of the molecule is COc1cccc(-n2c(C)cc(C(=O)Nc3cc(NC(C)=O)ccc3Cl)c2C)c1. The molecule has 0 aliphatic carbocycles. The Kier molecular flexibility index (Phi) is 5.94. The van der Waals surface area contributed by atoms with Gasteiger partial charge in [0.1, 0.15) is 5.75 Å². The monoisotopic (exact) mass is 411 g/mol. The average molecular weight is 412 g/mol. The molecule has 0 aliphatic heterocycles. The summed E-state index contributed by atoms with van der Waals surface area (Å²) in [5.41, 5.74) is 4.13. The first-order valence-corrected chi connectivity index (χ1v) is 9.40. The van der Waals surface area contributed by atoms with Crippen LogP contribution in [0.3, 0.4) is 0 Å². The quantitative estimate of drug-likeness (QED) is 0.622. The first-order chi connectivity index (χ1) is 13.8. The number of amides is 2. The van der Waals surface area contributed by atoms with Crippen LogP contribution in [0, 0.1) is 13.8 Å². The molecule has 1 heterocycles. The molecule has 0 fully saturated rings. The van der Waals surface area contributed by atoms with E-state index in [0.717, 1.165) is 22.8 Å². The summed E-state index contributed by atoms with van der Waals surface area (Å²) in [5.74, 6) is 0.253. The van der Waals surface area contributed by atoms with Gasteiger partial charge in [0.05, 0.1) is 23.4 Å². The topological polar surface area (TPSA) is 72.4 Å². The third-order valence-corrected chi connectivity index (χ3v) is 4.85. The number of aromatic nitrogens is 1. The standard InChI is InChI=1S/C22H22ClN3O3/c1-13-10-19(14(2)26(13)17-6-5-7-18(12-17)29-4)22(28)25-21-11-16(24-15(3)27)8-9-20(21)23/h5-12H,1-4H3,(H,24,27)(H,25,28). The summed E-state index contributed by atoms with van der Waals surface area (Å²) in [6.07, 6.45) is 0. The number of hydrogen-bond donors (Lipinski definition) is 2. The number of halogens is 1. The number of ether oxygens (including phenoxy) is 1. The minimum Gasteiger partial charge on any atom is -0.497 e. The van der Waals surface area contributed by atoms with E-state index < -0.39 is 0 Å². The maximum absolute atomic E-state index is 12.9. The van der Waals surface area contributed by atoms with Crippen molar-refractivity contribution in [3.05, 3.63) is 70.5 Å². The van der Waals surface area contributed by atoms with E-state index in [0.29, 0.717) is 22.0 Å². The Morgan fingerprint density at radius 3 is 2.48 bits per heavy atom. The highest BCUT2D eigenvalue weighted by Gasteiger charge is 2.18. The lowest BCUT2D eigenvalue weighted by Crippen LogP contribution is -2.14. The summed E-state index contributed by atoms with van der Waals surface area (Å²) >= 11 is 6.22. The Morgan fingerprint density at radius 1 is 1.03 bits per heavy atom. The molecule has 3 rings (SSSR count). The number of methoxy groups -OCH3 is 1. The third-order valence-electron chi connectivity index (χ3n) is 4.52. The summed E-state index contributed by atoms with van der Waals surface area (Å²) < 4.78 is 7.30. The van der Waals surface area contributed by atoms with E-state index in [1.54, 1.807) is 25.3 Å². The fourth-order valence-corrected chi connectivity index (χ4v) is 3.40. The second-order valence-electron chi connectivity index (χ2n) is 6.65. The number of anilines is 2. The van der Waals surface area contributed by atoms with E-state index in [2.05, 4.69) is 10.6 Å². The molecule has 29 heavy (non-hydrogen) atoms. The third kappa shape index (κ3) is 4.43. The molecule has 0 unspecified atom stereocenters. The Bertz CT molecular complexity index is 1090. The summed E-state index contributed by atoms with van der Waals surface area (Å²) in [5, 5.41) is 5.90. The molecule has 0 aliphatic rings. The number of rotatable bonds is 5. The molecule has 0 bridgehead atoms. The van der Waals surface area contributed by atoms with E-state index in [9.17, 15) is 9.59 Å². The van der Waals surface area contributed by atoms with Crippen molar-refractivity contribution >= 4 is 34.8 Å². The molecule has 2 N–H and O–H groups in total. The second kappa shape index (κ2) is 8.41. The number of aryl methyl sites for hydroxylation is 1. The van der Waals surface area contributed by atoms with E-state index in [1.165, 1.54) is 6.92 Å². The van der Waals surface area contributed by atoms with Crippen LogP contribution in [-0.2, 0) is 4.79 Å². The van der Waals surface area contributed by atoms with E-state index in [1.807, 2.05) is 48.7 Å². The molecule has 0 saturated heterocycles. The summed E-state index contributed by atoms with van der Waals surface area (Å²) in [7, 11) is 1.62. The van der Waals surface area contributed by atoms with Crippen molar-refractivity contribution in [1.29, 1.82) is 0 Å². The smallest absolute Gasteiger partial charge is 0.257 e. The first-order valence-electron chi connectivity index (χ1n) is 9.02. The molecule has 0 radical (unpaired) electrons. The van der Waals surface area contributed by atoms with Crippen molar-refractivity contribution in [2.45, 2.75) is 20.8 Å². The number of hydrogen-bond acceptors (Lipinski definition) is 3. The number of carbonyl (C=O) groups excluding carboxylic acids is 2. The van der Waals surface area contributed by atoms with Gasteiger partial charge >= 0.3 is 0 Å². The summed E-state index contributed by atoms with van der Waals surface area (Å²) in [4.78, 5) is 24.2. The molecule has 6 nitrogen and oxygen atoms in total. The van der Waals surface area contributed by atoms with Gasteiger partial charge in [-0.3, -0.25) is 9.59 Å². The predicted octanol–water partition coefficient (Wildman–Crippen LogP) is 4.97. The van der Waals surface area contributed by atoms with Crippen LogP contribution < -0.4 is 15.4 Å². The minimum absolute atomic E-state index is 0.202. The Hall–Kier alpha value is -3.25. The van der Waals surface area contributed by atoms with Crippen molar-refractivity contribution in [1.82, 2.24) is 4.57 Å². The number of benzene rings is 2. The second-order valence-corrected chi connectivity index (χ2v) is 7.06. The van der Waals surface area contributed by atoms with Crippen LogP contribution in [0.25, 0.3) is 5.69 Å². The van der Waals surface area contributed by atoms with Gasteiger partial charge in [-0.25, -0.2) is 0 Å². The van der Waals surface area contributed by atoms with Gasteiger partial charge in [-0.05, 0) is 50.2 Å². The molecule has 150 valence electrons. The highest BCUT2D eigenvalue weighted by Crippen LogP contribution is 2.28. The summed E-state index contributed by atoms with van der Waals surface area (Å²) in [6, 6.07) is 14.4. The lowest BCUT2D eigenvalue weighted by molar-refractivity contribution is -0.114. The van der Waals surface area contributed by atoms with Gasteiger partial charge in [-0.15, -0.1) is 0 Å². The van der Waals surface area contributed by atoms with Crippen molar-refractivity contribution in [3.63, 3.8) is 0 Å². The Morgan fingerprint density at radius 2 is 1.79 bits per heavy atom. The summed E-state index contributed by atoms with van der Waals surface area (Å²) in [6.45, 7) is 5.24. The molecule has 0 saturated carbocycles. The zero-order chi connectivity index (χ0) is 21.1. The number of nitrogens with one attached hydrogen (secondary N) is 2. The molecule has 3 aromatic rings. The molecular weight excluding hydrogens is 390 g/mol. The molecule has 1 aromatic heterocycles. The van der Waals surface area contributed by atoms with Gasteiger partial charge in [0, 0.05) is 35.8 Å². The maximum atomic E-state index is 12.9. The molecular formula is C22H22ClN3O3. The highest BCUT2D eigenvalue weighted by molar-refractivity contribution is 6.34. The zero-order valence-electron chi connectivity index (χ0n) is 16.7. The van der Waals surface area contributed by atoms with Crippen LogP contribution in [0.1, 0.15) is 28.7 Å². The van der Waals surface area contributed by atoms with Crippen LogP contribution >= 0.6 is 11.6 Å². The van der Waals surface area contributed by atoms with Crippen LogP contribution in [0.2, 0.25) is 5.02 Å². The zero-order valence-corrected chi connectivity index (χ0v) is 17.4. The normalized spacial score (nSPS) is 10.5. The van der Waals surface area contributed by atoms with E-state index in [-0.39, 0.29) is 11.8 Å². The molecule has 0 spiro atoms. The number of carbonyl (C=O) groups is 2. The van der Waals surface area contributed by atoms with Crippen LogP contribution in [0.5, 0.6) is 5.75 Å². The van der Waals surface area contributed by atoms with Crippen molar-refractivity contribution < 1.29 is 14.3 Å². The van der Waals surface area contributed by atoms with Gasteiger partial charge < -0.3 is 19.9 Å². The van der Waals surface area contributed by atoms with Crippen molar-refractivity contribution in [2.75, 3.05) is 17.7 Å². The van der Waals surface area contributed by atoms with E-state index in [4.69, 9.17) is 16.3 Å². The van der Waals surface area contributed by atoms with E-state index >= 15 is 0 Å². The predicted molar refractivity (Wildman–Crippen MR) is 116 cm³/mol. The van der Waals surface area contributed by atoms with Crippen LogP contribution in [0.4, 0.5) is 11.4 Å². The van der Waals surface area contributed by atoms with Gasteiger partial charge in [-0.1, -0.05) is 17.7 Å². The van der Waals surface area contributed by atoms with Crippen molar-refractivity contribution in [2.24, 2.45) is 0 Å². The fraction of sp³-hybridized carbons (Fsp3) is 0.182. The first kappa shape index (κ1) is 20.5. The van der Waals surface area contributed by atoms with Gasteiger partial charge in [0.15, 0.2) is 0 Å². The highest BCUT2D eigenvalue weighted by atomic mass is 35.5. The average Bonchev–Trinajstić information content (AvgIpc) is 2.98. The lowest BCUT2D eigenvalue weighted by atomic mass is 10.2. The maximum Gasteiger partial charge on any atom is 0.257 e. The van der Waals surface area contributed by atoms with Gasteiger partial charge in [0.2, 0.25) is 5.91 Å². The number of nitrogens with zero attached hydrogens (tertiary/aromatic N) is 1. The molecule has 2 aromatic carbocycles.